The molecular weight excluding hydrogens is 396 g/mol. The fourth-order valence-corrected chi connectivity index (χ4v) is 3.10. The van der Waals surface area contributed by atoms with E-state index >= 15 is 0 Å². The van der Waals surface area contributed by atoms with Gasteiger partial charge in [0, 0.05) is 17.7 Å². The number of hydrogen-bond donors (Lipinski definition) is 0. The summed E-state index contributed by atoms with van der Waals surface area (Å²) in [5.41, 5.74) is 2.46. The summed E-state index contributed by atoms with van der Waals surface area (Å²) >= 11 is 0. The lowest BCUT2D eigenvalue weighted by atomic mass is 10.0. The lowest BCUT2D eigenvalue weighted by Gasteiger charge is -2.06. The Morgan fingerprint density at radius 1 is 1.06 bits per heavy atom. The summed E-state index contributed by atoms with van der Waals surface area (Å²) in [6.45, 7) is 2.42. The molecule has 0 spiro atoms. The number of nitrogens with zero attached hydrogens (tertiary/aromatic N) is 2. The SMILES string of the molecule is CCOc1ccc(C(=O)C(=Cc2ccc([N+](=O)[O-])cc2)c2nc3ccccc3o2)cc1. The van der Waals surface area contributed by atoms with Crippen LogP contribution >= 0.6 is 0 Å². The summed E-state index contributed by atoms with van der Waals surface area (Å²) in [6, 6.07) is 20.0. The van der Waals surface area contributed by atoms with Gasteiger partial charge in [-0.05, 0) is 67.1 Å². The Labute approximate surface area is 177 Å². The zero-order chi connectivity index (χ0) is 21.8. The number of carbonyl (C=O) groups is 1. The maximum Gasteiger partial charge on any atom is 0.269 e. The topological polar surface area (TPSA) is 95.5 Å². The van der Waals surface area contributed by atoms with Crippen LogP contribution in [0.4, 0.5) is 5.69 Å². The van der Waals surface area contributed by atoms with Crippen molar-refractivity contribution in [2.75, 3.05) is 6.61 Å². The van der Waals surface area contributed by atoms with Crippen LogP contribution in [0.5, 0.6) is 5.75 Å². The predicted molar refractivity (Wildman–Crippen MR) is 117 cm³/mol. The van der Waals surface area contributed by atoms with E-state index in [1.165, 1.54) is 12.1 Å². The molecule has 0 saturated heterocycles. The lowest BCUT2D eigenvalue weighted by Crippen LogP contribution is -2.03. The van der Waals surface area contributed by atoms with Crippen molar-refractivity contribution in [3.8, 4) is 5.75 Å². The van der Waals surface area contributed by atoms with Crippen molar-refractivity contribution in [1.82, 2.24) is 4.98 Å². The van der Waals surface area contributed by atoms with Gasteiger partial charge in [0.15, 0.2) is 11.4 Å². The maximum absolute atomic E-state index is 13.4. The number of para-hydroxylation sites is 2. The van der Waals surface area contributed by atoms with Gasteiger partial charge >= 0.3 is 0 Å². The van der Waals surface area contributed by atoms with Crippen LogP contribution in [0.2, 0.25) is 0 Å². The quantitative estimate of drug-likeness (QED) is 0.170. The highest BCUT2D eigenvalue weighted by molar-refractivity contribution is 6.31. The molecule has 4 rings (SSSR count). The number of ether oxygens (including phenoxy) is 1. The number of ketones is 1. The van der Waals surface area contributed by atoms with Crippen LogP contribution in [-0.2, 0) is 0 Å². The molecule has 0 N–H and O–H groups in total. The monoisotopic (exact) mass is 414 g/mol. The van der Waals surface area contributed by atoms with E-state index in [9.17, 15) is 14.9 Å². The highest BCUT2D eigenvalue weighted by Gasteiger charge is 2.20. The van der Waals surface area contributed by atoms with Gasteiger partial charge in [-0.2, -0.15) is 0 Å². The number of aromatic nitrogens is 1. The first-order valence-corrected chi connectivity index (χ1v) is 9.65. The third-order valence-electron chi connectivity index (χ3n) is 4.61. The smallest absolute Gasteiger partial charge is 0.269 e. The van der Waals surface area contributed by atoms with Crippen molar-refractivity contribution < 1.29 is 18.9 Å². The molecule has 7 heteroatoms. The van der Waals surface area contributed by atoms with Gasteiger partial charge in [-0.1, -0.05) is 12.1 Å². The molecular formula is C24H18N2O5. The molecule has 3 aromatic carbocycles. The number of allylic oxidation sites excluding steroid dienone is 1. The van der Waals surface area contributed by atoms with E-state index in [4.69, 9.17) is 9.15 Å². The molecule has 1 heterocycles. The molecule has 0 aliphatic carbocycles. The van der Waals surface area contributed by atoms with Crippen LogP contribution in [0.25, 0.3) is 22.7 Å². The molecule has 0 bridgehead atoms. The van der Waals surface area contributed by atoms with Crippen molar-refractivity contribution in [2.24, 2.45) is 0 Å². The van der Waals surface area contributed by atoms with Crippen molar-refractivity contribution in [2.45, 2.75) is 6.92 Å². The Bertz CT molecular complexity index is 1240. The lowest BCUT2D eigenvalue weighted by molar-refractivity contribution is -0.384. The van der Waals surface area contributed by atoms with Crippen molar-refractivity contribution in [1.29, 1.82) is 0 Å². The number of rotatable bonds is 7. The van der Waals surface area contributed by atoms with Gasteiger partial charge in [0.25, 0.3) is 5.69 Å². The highest BCUT2D eigenvalue weighted by Crippen LogP contribution is 2.27. The molecule has 1 aromatic heterocycles. The molecule has 0 aliphatic heterocycles. The van der Waals surface area contributed by atoms with Crippen LogP contribution in [0, 0.1) is 10.1 Å². The standard InChI is InChI=1S/C24H18N2O5/c1-2-30-19-13-9-17(10-14-19)23(27)20(15-16-7-11-18(12-8-16)26(28)29)24-25-21-5-3-4-6-22(21)31-24/h3-15H,2H2,1H3. The largest absolute Gasteiger partial charge is 0.494 e. The number of non-ortho nitro benzene ring substituents is 1. The molecule has 0 atom stereocenters. The second kappa shape index (κ2) is 8.62. The van der Waals surface area contributed by atoms with E-state index in [-0.39, 0.29) is 22.9 Å². The molecule has 0 radical (unpaired) electrons. The van der Waals surface area contributed by atoms with E-state index in [0.717, 1.165) is 0 Å². The molecule has 154 valence electrons. The van der Waals surface area contributed by atoms with Crippen LogP contribution in [0.3, 0.4) is 0 Å². The highest BCUT2D eigenvalue weighted by atomic mass is 16.6. The van der Waals surface area contributed by atoms with Gasteiger partial charge in [-0.15, -0.1) is 0 Å². The van der Waals surface area contributed by atoms with E-state index in [0.29, 0.717) is 34.6 Å². The van der Waals surface area contributed by atoms with Crippen molar-refractivity contribution in [3.05, 3.63) is 99.9 Å². The van der Waals surface area contributed by atoms with Crippen LogP contribution in [0.15, 0.2) is 77.2 Å². The van der Waals surface area contributed by atoms with E-state index in [1.54, 1.807) is 54.6 Å². The summed E-state index contributed by atoms with van der Waals surface area (Å²) in [5.74, 6) is 0.563. The normalized spacial score (nSPS) is 11.5. The number of nitro groups is 1. The summed E-state index contributed by atoms with van der Waals surface area (Å²) in [6.07, 6.45) is 1.62. The molecule has 0 amide bonds. The molecule has 0 saturated carbocycles. The number of oxazole rings is 1. The number of Topliss-reactive ketones (excluding diaryl/α,β-unsaturated/α-hetero) is 1. The number of hydrogen-bond acceptors (Lipinski definition) is 6. The summed E-state index contributed by atoms with van der Waals surface area (Å²) in [7, 11) is 0. The zero-order valence-electron chi connectivity index (χ0n) is 16.6. The van der Waals surface area contributed by atoms with Crippen molar-refractivity contribution >= 4 is 34.2 Å². The molecule has 31 heavy (non-hydrogen) atoms. The average Bonchev–Trinajstić information content (AvgIpc) is 3.22. The number of carbonyl (C=O) groups excluding carboxylic acids is 1. The third kappa shape index (κ3) is 4.35. The first-order chi connectivity index (χ1) is 15.0. The van der Waals surface area contributed by atoms with Gasteiger partial charge in [-0.25, -0.2) is 4.98 Å². The first-order valence-electron chi connectivity index (χ1n) is 9.65. The number of nitro benzene ring substituents is 1. The minimum absolute atomic E-state index is 0.0293. The van der Waals surface area contributed by atoms with E-state index < -0.39 is 4.92 Å². The molecule has 0 fully saturated rings. The van der Waals surface area contributed by atoms with Crippen LogP contribution < -0.4 is 4.74 Å². The predicted octanol–water partition coefficient (Wildman–Crippen LogP) is 5.56. The van der Waals surface area contributed by atoms with E-state index in [1.807, 2.05) is 19.1 Å². The molecule has 7 nitrogen and oxygen atoms in total. The zero-order valence-corrected chi connectivity index (χ0v) is 16.6. The minimum Gasteiger partial charge on any atom is -0.494 e. The number of fused-ring (bicyclic) bond motifs is 1. The van der Waals surface area contributed by atoms with Crippen LogP contribution in [0.1, 0.15) is 28.7 Å². The van der Waals surface area contributed by atoms with Gasteiger partial charge in [0.05, 0.1) is 17.1 Å². The van der Waals surface area contributed by atoms with Crippen LogP contribution in [-0.4, -0.2) is 22.3 Å². The number of benzene rings is 3. The van der Waals surface area contributed by atoms with Gasteiger partial charge in [0.1, 0.15) is 11.3 Å². The Morgan fingerprint density at radius 2 is 1.77 bits per heavy atom. The first kappa shape index (κ1) is 20.0. The average molecular weight is 414 g/mol. The Morgan fingerprint density at radius 3 is 2.42 bits per heavy atom. The second-order valence-electron chi connectivity index (χ2n) is 6.68. The minimum atomic E-state index is -0.472. The Hall–Kier alpha value is -4.26. The van der Waals surface area contributed by atoms with Crippen molar-refractivity contribution in [3.63, 3.8) is 0 Å². The van der Waals surface area contributed by atoms with Gasteiger partial charge in [-0.3, -0.25) is 14.9 Å². The molecule has 0 aliphatic rings. The fourth-order valence-electron chi connectivity index (χ4n) is 3.10. The second-order valence-corrected chi connectivity index (χ2v) is 6.68. The van der Waals surface area contributed by atoms with Gasteiger partial charge < -0.3 is 9.15 Å². The van der Waals surface area contributed by atoms with E-state index in [2.05, 4.69) is 4.98 Å². The fraction of sp³-hybridized carbons (Fsp3) is 0.0833. The maximum atomic E-state index is 13.4. The summed E-state index contributed by atoms with van der Waals surface area (Å²) in [5, 5.41) is 10.9. The van der Waals surface area contributed by atoms with Gasteiger partial charge in [0.2, 0.25) is 5.89 Å². The Kier molecular flexibility index (Phi) is 5.57. The molecule has 0 unspecified atom stereocenters. The summed E-state index contributed by atoms with van der Waals surface area (Å²) in [4.78, 5) is 28.3. The summed E-state index contributed by atoms with van der Waals surface area (Å²) < 4.78 is 11.3. The molecule has 4 aromatic rings. The third-order valence-corrected chi connectivity index (χ3v) is 4.61. The Balaban J connectivity index is 1.78.